The molecule has 0 aliphatic heterocycles. The number of ketones is 1. The third-order valence-electron chi connectivity index (χ3n) is 3.63. The standard InChI is InChI=1S/C15H11ClN4O/c16-10-6-4-9(5-7-10)14-18-15-17-12-2-1-3-13(21)11(12)8-20(15)19-14/h4-8H,1-3H2. The molecule has 0 bridgehead atoms. The van der Waals surface area contributed by atoms with E-state index in [-0.39, 0.29) is 5.78 Å². The number of carbonyl (C=O) groups is 1. The van der Waals surface area contributed by atoms with Crippen LogP contribution in [-0.2, 0) is 6.42 Å². The Morgan fingerprint density at radius 2 is 1.90 bits per heavy atom. The van der Waals surface area contributed by atoms with Crippen LogP contribution < -0.4 is 0 Å². The molecule has 6 heteroatoms. The van der Waals surface area contributed by atoms with E-state index in [1.807, 2.05) is 12.1 Å². The van der Waals surface area contributed by atoms with Gasteiger partial charge >= 0.3 is 0 Å². The molecular weight excluding hydrogens is 288 g/mol. The zero-order valence-corrected chi connectivity index (χ0v) is 11.8. The van der Waals surface area contributed by atoms with E-state index < -0.39 is 0 Å². The summed E-state index contributed by atoms with van der Waals surface area (Å²) in [4.78, 5) is 20.8. The minimum absolute atomic E-state index is 0.134. The van der Waals surface area contributed by atoms with Gasteiger partial charge in [0.15, 0.2) is 11.6 Å². The van der Waals surface area contributed by atoms with Gasteiger partial charge in [0.25, 0.3) is 5.78 Å². The highest BCUT2D eigenvalue weighted by Gasteiger charge is 2.20. The van der Waals surface area contributed by atoms with Gasteiger partial charge in [0.2, 0.25) is 0 Å². The molecule has 0 N–H and O–H groups in total. The summed E-state index contributed by atoms with van der Waals surface area (Å²) in [6, 6.07) is 7.32. The molecule has 4 rings (SSSR count). The van der Waals surface area contributed by atoms with Crippen LogP contribution in [0.3, 0.4) is 0 Å². The molecule has 5 nitrogen and oxygen atoms in total. The molecule has 1 aliphatic rings. The van der Waals surface area contributed by atoms with E-state index in [1.54, 1.807) is 22.8 Å². The first kappa shape index (κ1) is 12.5. The van der Waals surface area contributed by atoms with Crippen molar-refractivity contribution < 1.29 is 4.79 Å². The lowest BCUT2D eigenvalue weighted by molar-refractivity contribution is 0.0971. The maximum Gasteiger partial charge on any atom is 0.252 e. The Hall–Kier alpha value is -2.27. The Morgan fingerprint density at radius 1 is 1.10 bits per heavy atom. The quantitative estimate of drug-likeness (QED) is 0.693. The van der Waals surface area contributed by atoms with Gasteiger partial charge in [-0.3, -0.25) is 4.79 Å². The Labute approximate surface area is 125 Å². The second-order valence-corrected chi connectivity index (χ2v) is 5.50. The molecule has 0 saturated heterocycles. The molecule has 3 aromatic rings. The molecule has 0 unspecified atom stereocenters. The highest BCUT2D eigenvalue weighted by atomic mass is 35.5. The highest BCUT2D eigenvalue weighted by Crippen LogP contribution is 2.22. The van der Waals surface area contributed by atoms with Crippen molar-refractivity contribution in [3.8, 4) is 11.4 Å². The maximum absolute atomic E-state index is 11.9. The van der Waals surface area contributed by atoms with E-state index in [2.05, 4.69) is 15.1 Å². The van der Waals surface area contributed by atoms with Crippen LogP contribution in [0.25, 0.3) is 17.2 Å². The van der Waals surface area contributed by atoms with Crippen LogP contribution in [0, 0.1) is 0 Å². The van der Waals surface area contributed by atoms with Gasteiger partial charge in [0, 0.05) is 23.2 Å². The lowest BCUT2D eigenvalue weighted by Gasteiger charge is -2.12. The molecule has 0 atom stereocenters. The number of nitrogens with zero attached hydrogens (tertiary/aromatic N) is 4. The van der Waals surface area contributed by atoms with Crippen LogP contribution in [0.4, 0.5) is 0 Å². The first-order valence-electron chi connectivity index (χ1n) is 6.76. The van der Waals surface area contributed by atoms with E-state index in [9.17, 15) is 4.79 Å². The highest BCUT2D eigenvalue weighted by molar-refractivity contribution is 6.30. The number of Topliss-reactive ketones (excluding diaryl/α,β-unsaturated/α-hetero) is 1. The summed E-state index contributed by atoms with van der Waals surface area (Å²) < 4.78 is 1.58. The van der Waals surface area contributed by atoms with Crippen LogP contribution in [-0.4, -0.2) is 25.4 Å². The van der Waals surface area contributed by atoms with Crippen LogP contribution in [0.1, 0.15) is 28.9 Å². The predicted molar refractivity (Wildman–Crippen MR) is 78.5 cm³/mol. The average Bonchev–Trinajstić information content (AvgIpc) is 2.89. The van der Waals surface area contributed by atoms with Gasteiger partial charge in [-0.2, -0.15) is 4.98 Å². The number of aromatic nitrogens is 4. The van der Waals surface area contributed by atoms with E-state index >= 15 is 0 Å². The van der Waals surface area contributed by atoms with Crippen molar-refractivity contribution in [2.75, 3.05) is 0 Å². The number of carbonyl (C=O) groups excluding carboxylic acids is 1. The first-order valence-corrected chi connectivity index (χ1v) is 7.14. The Bertz CT molecular complexity index is 854. The fraction of sp³-hybridized carbons (Fsp3) is 0.200. The normalized spacial score (nSPS) is 14.4. The van der Waals surface area contributed by atoms with Gasteiger partial charge in [-0.15, -0.1) is 5.10 Å². The second kappa shape index (κ2) is 4.63. The molecule has 0 spiro atoms. The third kappa shape index (κ3) is 2.10. The Morgan fingerprint density at radius 3 is 2.71 bits per heavy atom. The fourth-order valence-corrected chi connectivity index (χ4v) is 2.68. The van der Waals surface area contributed by atoms with E-state index in [4.69, 9.17) is 11.6 Å². The summed E-state index contributed by atoms with van der Waals surface area (Å²) in [6.07, 6.45) is 4.00. The summed E-state index contributed by atoms with van der Waals surface area (Å²) in [5, 5.41) is 5.07. The van der Waals surface area contributed by atoms with E-state index in [0.717, 1.165) is 24.1 Å². The number of fused-ring (bicyclic) bond motifs is 2. The number of halogens is 1. The summed E-state index contributed by atoms with van der Waals surface area (Å²) in [7, 11) is 0. The van der Waals surface area contributed by atoms with Gasteiger partial charge < -0.3 is 0 Å². The minimum Gasteiger partial charge on any atom is -0.294 e. The summed E-state index contributed by atoms with van der Waals surface area (Å²) in [5.74, 6) is 1.23. The summed E-state index contributed by atoms with van der Waals surface area (Å²) in [6.45, 7) is 0. The molecule has 0 radical (unpaired) electrons. The Kier molecular flexibility index (Phi) is 2.75. The maximum atomic E-state index is 11.9. The SMILES string of the molecule is O=C1CCCc2nc3nc(-c4ccc(Cl)cc4)nn3cc21. The van der Waals surface area contributed by atoms with Crippen molar-refractivity contribution in [3.05, 3.63) is 46.7 Å². The molecule has 0 fully saturated rings. The van der Waals surface area contributed by atoms with E-state index in [0.29, 0.717) is 28.6 Å². The smallest absolute Gasteiger partial charge is 0.252 e. The Balaban J connectivity index is 1.86. The minimum atomic E-state index is 0.134. The predicted octanol–water partition coefficient (Wildman–Crippen LogP) is 2.96. The topological polar surface area (TPSA) is 60.2 Å². The fourth-order valence-electron chi connectivity index (χ4n) is 2.55. The second-order valence-electron chi connectivity index (χ2n) is 5.06. The molecule has 2 aromatic heterocycles. The van der Waals surface area contributed by atoms with Crippen molar-refractivity contribution in [2.45, 2.75) is 19.3 Å². The monoisotopic (exact) mass is 298 g/mol. The molecule has 21 heavy (non-hydrogen) atoms. The average molecular weight is 299 g/mol. The zero-order chi connectivity index (χ0) is 14.4. The summed E-state index contributed by atoms with van der Waals surface area (Å²) in [5.41, 5.74) is 2.37. The number of hydrogen-bond donors (Lipinski definition) is 0. The van der Waals surface area contributed by atoms with Crippen molar-refractivity contribution in [1.82, 2.24) is 19.6 Å². The number of hydrogen-bond acceptors (Lipinski definition) is 4. The van der Waals surface area contributed by atoms with Gasteiger partial charge in [0.1, 0.15) is 0 Å². The van der Waals surface area contributed by atoms with Gasteiger partial charge in [-0.25, -0.2) is 9.50 Å². The zero-order valence-electron chi connectivity index (χ0n) is 11.1. The van der Waals surface area contributed by atoms with Gasteiger partial charge in [0.05, 0.1) is 11.3 Å². The molecule has 104 valence electrons. The number of benzene rings is 1. The van der Waals surface area contributed by atoms with E-state index in [1.165, 1.54) is 0 Å². The molecular formula is C15H11ClN4O. The molecule has 2 heterocycles. The lowest BCUT2D eigenvalue weighted by atomic mass is 9.96. The van der Waals surface area contributed by atoms with Crippen LogP contribution >= 0.6 is 11.6 Å². The van der Waals surface area contributed by atoms with Crippen molar-refractivity contribution in [2.24, 2.45) is 0 Å². The van der Waals surface area contributed by atoms with Crippen LogP contribution in [0.5, 0.6) is 0 Å². The van der Waals surface area contributed by atoms with Crippen LogP contribution in [0.15, 0.2) is 30.5 Å². The molecule has 1 aromatic carbocycles. The van der Waals surface area contributed by atoms with Gasteiger partial charge in [-0.1, -0.05) is 11.6 Å². The van der Waals surface area contributed by atoms with Crippen molar-refractivity contribution in [1.29, 1.82) is 0 Å². The van der Waals surface area contributed by atoms with Gasteiger partial charge in [-0.05, 0) is 37.1 Å². The largest absolute Gasteiger partial charge is 0.294 e. The van der Waals surface area contributed by atoms with Crippen molar-refractivity contribution in [3.63, 3.8) is 0 Å². The van der Waals surface area contributed by atoms with Crippen LogP contribution in [0.2, 0.25) is 5.02 Å². The number of rotatable bonds is 1. The molecule has 0 amide bonds. The molecule has 0 saturated carbocycles. The third-order valence-corrected chi connectivity index (χ3v) is 3.88. The first-order chi connectivity index (χ1) is 10.2. The number of aryl methyl sites for hydroxylation is 1. The lowest BCUT2D eigenvalue weighted by Crippen LogP contribution is -2.14. The summed E-state index contributed by atoms with van der Waals surface area (Å²) >= 11 is 5.88. The van der Waals surface area contributed by atoms with Crippen molar-refractivity contribution >= 4 is 23.2 Å². The molecule has 1 aliphatic carbocycles.